The van der Waals surface area contributed by atoms with Gasteiger partial charge in [0, 0.05) is 12.3 Å². The van der Waals surface area contributed by atoms with Crippen LogP contribution in [-0.2, 0) is 9.47 Å². The Balaban J connectivity index is 1.62. The predicted octanol–water partition coefficient (Wildman–Crippen LogP) is 2.93. The van der Waals surface area contributed by atoms with Gasteiger partial charge in [-0.05, 0) is 19.8 Å². The first-order valence-corrected chi connectivity index (χ1v) is 4.51. The summed E-state index contributed by atoms with van der Waals surface area (Å²) in [5.74, 6) is 4.10. The summed E-state index contributed by atoms with van der Waals surface area (Å²) in [6, 6.07) is 0. The van der Waals surface area contributed by atoms with Gasteiger partial charge < -0.3 is 9.47 Å². The Morgan fingerprint density at radius 3 is 2.67 bits per heavy atom. The molecule has 0 bridgehead atoms. The quantitative estimate of drug-likeness (QED) is 0.627. The van der Waals surface area contributed by atoms with Crippen molar-refractivity contribution in [2.75, 3.05) is 0 Å². The fraction of sp³-hybridized carbons (Fsp3) is 0.600. The molecule has 1 atom stereocenters. The average molecular weight is 166 g/mol. The Kier molecular flexibility index (Phi) is 1.83. The van der Waals surface area contributed by atoms with Crippen molar-refractivity contribution in [2.24, 2.45) is 5.92 Å². The molecule has 0 aromatic rings. The molecule has 0 aliphatic carbocycles. The lowest BCUT2D eigenvalue weighted by Crippen LogP contribution is -1.91. The van der Waals surface area contributed by atoms with E-state index in [1.807, 2.05) is 13.2 Å². The number of ether oxygens (including phenoxy) is 2. The van der Waals surface area contributed by atoms with E-state index in [-0.39, 0.29) is 0 Å². The lowest BCUT2D eigenvalue weighted by atomic mass is 10.0. The van der Waals surface area contributed by atoms with Gasteiger partial charge in [0.1, 0.15) is 23.5 Å². The lowest BCUT2D eigenvalue weighted by molar-refractivity contribution is 0.397. The molecule has 2 aliphatic rings. The van der Waals surface area contributed by atoms with Gasteiger partial charge in [-0.15, -0.1) is 0 Å². The first-order valence-electron chi connectivity index (χ1n) is 4.51. The highest BCUT2D eigenvalue weighted by atomic mass is 16.6. The van der Waals surface area contributed by atoms with Gasteiger partial charge in [-0.1, -0.05) is 6.92 Å². The van der Waals surface area contributed by atoms with Crippen LogP contribution in [0.25, 0.3) is 0 Å². The van der Waals surface area contributed by atoms with Gasteiger partial charge in [0.05, 0.1) is 0 Å². The molecule has 0 N–H and O–H groups in total. The van der Waals surface area contributed by atoms with Gasteiger partial charge in [0.2, 0.25) is 0 Å². The molecule has 0 fully saturated rings. The highest BCUT2D eigenvalue weighted by Gasteiger charge is 2.25. The molecule has 12 heavy (non-hydrogen) atoms. The summed E-state index contributed by atoms with van der Waals surface area (Å²) in [6.45, 7) is 4.24. The summed E-state index contributed by atoms with van der Waals surface area (Å²) in [7, 11) is 0. The molecule has 1 unspecified atom stereocenters. The van der Waals surface area contributed by atoms with Crippen molar-refractivity contribution in [2.45, 2.75) is 33.1 Å². The zero-order chi connectivity index (χ0) is 8.55. The molecule has 0 aromatic heterocycles. The van der Waals surface area contributed by atoms with E-state index in [9.17, 15) is 0 Å². The maximum absolute atomic E-state index is 5.24. The van der Waals surface area contributed by atoms with Crippen molar-refractivity contribution in [1.82, 2.24) is 0 Å². The van der Waals surface area contributed by atoms with E-state index in [1.165, 1.54) is 18.6 Å². The molecule has 2 rings (SSSR count). The summed E-state index contributed by atoms with van der Waals surface area (Å²) in [4.78, 5) is 0. The summed E-state index contributed by atoms with van der Waals surface area (Å²) in [6.07, 6.45) is 5.32. The van der Waals surface area contributed by atoms with Gasteiger partial charge >= 0.3 is 0 Å². The highest BCUT2D eigenvalue weighted by molar-refractivity contribution is 5.17. The minimum absolute atomic E-state index is 0.601. The van der Waals surface area contributed by atoms with E-state index < -0.39 is 0 Å². The molecule has 2 nitrogen and oxygen atoms in total. The van der Waals surface area contributed by atoms with Crippen molar-refractivity contribution < 1.29 is 9.47 Å². The van der Waals surface area contributed by atoms with Crippen molar-refractivity contribution in [3.05, 3.63) is 23.5 Å². The predicted molar refractivity (Wildman–Crippen MR) is 46.0 cm³/mol. The SMILES string of the molecule is CC1=C(C(C)CCCC2=CO2)O1. The van der Waals surface area contributed by atoms with Crippen molar-refractivity contribution in [3.8, 4) is 0 Å². The van der Waals surface area contributed by atoms with Crippen molar-refractivity contribution in [3.63, 3.8) is 0 Å². The third kappa shape index (κ3) is 1.81. The molecule has 0 aromatic carbocycles. The zero-order valence-corrected chi connectivity index (χ0v) is 7.59. The Labute approximate surface area is 72.9 Å². The van der Waals surface area contributed by atoms with Crippen LogP contribution in [0.4, 0.5) is 0 Å². The first-order chi connectivity index (χ1) is 5.77. The number of rotatable bonds is 5. The van der Waals surface area contributed by atoms with Crippen LogP contribution in [0.15, 0.2) is 23.5 Å². The Bertz CT molecular complexity index is 251. The minimum atomic E-state index is 0.601. The number of hydrogen-bond acceptors (Lipinski definition) is 2. The van der Waals surface area contributed by atoms with Crippen LogP contribution >= 0.6 is 0 Å². The summed E-state index contributed by atoms with van der Waals surface area (Å²) < 4.78 is 10.2. The van der Waals surface area contributed by atoms with Crippen LogP contribution in [-0.4, -0.2) is 0 Å². The lowest BCUT2D eigenvalue weighted by Gasteiger charge is -2.01. The molecule has 2 heteroatoms. The summed E-state index contributed by atoms with van der Waals surface area (Å²) in [5.41, 5.74) is 0. The van der Waals surface area contributed by atoms with Crippen LogP contribution < -0.4 is 0 Å². The fourth-order valence-corrected chi connectivity index (χ4v) is 1.46. The van der Waals surface area contributed by atoms with Crippen LogP contribution in [0.1, 0.15) is 33.1 Å². The van der Waals surface area contributed by atoms with E-state index in [2.05, 4.69) is 6.92 Å². The standard InChI is InChI=1S/C10H14O2/c1-7(10-8(2)12-10)4-3-5-9-6-11-9/h6-7H,3-5H2,1-2H3. The molecule has 0 spiro atoms. The molecule has 2 heterocycles. The Morgan fingerprint density at radius 1 is 1.50 bits per heavy atom. The first kappa shape index (κ1) is 7.71. The van der Waals surface area contributed by atoms with Gasteiger partial charge in [-0.3, -0.25) is 0 Å². The van der Waals surface area contributed by atoms with Crippen LogP contribution in [0.5, 0.6) is 0 Å². The topological polar surface area (TPSA) is 25.1 Å². The average Bonchev–Trinajstić information content (AvgIpc) is 2.85. The summed E-state index contributed by atoms with van der Waals surface area (Å²) >= 11 is 0. The van der Waals surface area contributed by atoms with Crippen molar-refractivity contribution >= 4 is 0 Å². The Morgan fingerprint density at radius 2 is 2.17 bits per heavy atom. The largest absolute Gasteiger partial charge is 0.463 e. The minimum Gasteiger partial charge on any atom is -0.463 e. The summed E-state index contributed by atoms with van der Waals surface area (Å²) in [5, 5.41) is 0. The number of allylic oxidation sites excluding steroid dienone is 3. The third-order valence-electron chi connectivity index (χ3n) is 2.36. The molecule has 66 valence electrons. The van der Waals surface area contributed by atoms with E-state index in [4.69, 9.17) is 9.47 Å². The molecule has 0 radical (unpaired) electrons. The van der Waals surface area contributed by atoms with Gasteiger partial charge in [-0.2, -0.15) is 0 Å². The fourth-order valence-electron chi connectivity index (χ4n) is 1.46. The highest BCUT2D eigenvalue weighted by Crippen LogP contribution is 2.35. The van der Waals surface area contributed by atoms with Crippen LogP contribution in [0, 0.1) is 5.92 Å². The number of hydrogen-bond donors (Lipinski definition) is 0. The zero-order valence-electron chi connectivity index (χ0n) is 7.59. The van der Waals surface area contributed by atoms with E-state index in [1.54, 1.807) is 0 Å². The molecule has 0 saturated heterocycles. The van der Waals surface area contributed by atoms with Crippen molar-refractivity contribution in [1.29, 1.82) is 0 Å². The normalized spacial score (nSPS) is 21.0. The van der Waals surface area contributed by atoms with Gasteiger partial charge in [0.15, 0.2) is 0 Å². The maximum atomic E-state index is 5.24. The molecule has 0 amide bonds. The monoisotopic (exact) mass is 166 g/mol. The Hall–Kier alpha value is -0.920. The van der Waals surface area contributed by atoms with E-state index in [0.29, 0.717) is 5.92 Å². The molecule has 2 aliphatic heterocycles. The maximum Gasteiger partial charge on any atom is 0.144 e. The van der Waals surface area contributed by atoms with E-state index in [0.717, 1.165) is 17.9 Å². The third-order valence-corrected chi connectivity index (χ3v) is 2.36. The van der Waals surface area contributed by atoms with Crippen LogP contribution in [0.3, 0.4) is 0 Å². The second-order valence-corrected chi connectivity index (χ2v) is 3.52. The smallest absolute Gasteiger partial charge is 0.144 e. The van der Waals surface area contributed by atoms with Gasteiger partial charge in [0.25, 0.3) is 0 Å². The molecular weight excluding hydrogens is 152 g/mol. The van der Waals surface area contributed by atoms with E-state index >= 15 is 0 Å². The second kappa shape index (κ2) is 2.85. The molecule has 0 saturated carbocycles. The van der Waals surface area contributed by atoms with Crippen LogP contribution in [0.2, 0.25) is 0 Å². The van der Waals surface area contributed by atoms with Gasteiger partial charge in [-0.25, -0.2) is 0 Å². The molecular formula is C10H14O2. The second-order valence-electron chi connectivity index (χ2n) is 3.52.